The van der Waals surface area contributed by atoms with Gasteiger partial charge in [-0.15, -0.1) is 0 Å². The molecular weight excluding hydrogens is 494 g/mol. The summed E-state index contributed by atoms with van der Waals surface area (Å²) in [4.78, 5) is 39.3. The first-order valence-electron chi connectivity index (χ1n) is 13.2. The van der Waals surface area contributed by atoms with Gasteiger partial charge in [0.25, 0.3) is 5.91 Å². The molecule has 1 aliphatic rings. The van der Waals surface area contributed by atoms with Crippen LogP contribution in [0.15, 0.2) is 42.7 Å². The first kappa shape index (κ1) is 26.4. The number of carbonyl (C=O) groups is 2. The van der Waals surface area contributed by atoms with Crippen molar-refractivity contribution >= 4 is 39.9 Å². The number of rotatable bonds is 3. The fourth-order valence-corrected chi connectivity index (χ4v) is 5.26. The van der Waals surface area contributed by atoms with Crippen LogP contribution in [0, 0.1) is 13.8 Å². The van der Waals surface area contributed by atoms with Crippen molar-refractivity contribution in [2.45, 2.75) is 66.2 Å². The van der Waals surface area contributed by atoms with Gasteiger partial charge in [-0.1, -0.05) is 0 Å². The van der Waals surface area contributed by atoms with Gasteiger partial charge in [-0.2, -0.15) is 5.10 Å². The average molecular weight is 530 g/mol. The molecule has 4 aromatic rings. The summed E-state index contributed by atoms with van der Waals surface area (Å²) < 4.78 is 7.30. The van der Waals surface area contributed by atoms with E-state index < -0.39 is 5.60 Å². The molecule has 1 saturated heterocycles. The van der Waals surface area contributed by atoms with Crippen LogP contribution in [-0.4, -0.2) is 67.3 Å². The Labute approximate surface area is 228 Å². The number of aromatic nitrogens is 4. The SMILES string of the molecule is Cc1cn2nc(C(=O)Nc3ccc(N4C[C@@H](C)N(C(=O)OC(C)(C)C)[C@@H](C)C4)c4ncccc34)cc(C)c2n1. The predicted octanol–water partition coefficient (Wildman–Crippen LogP) is 4.98. The molecule has 204 valence electrons. The normalized spacial score (nSPS) is 18.0. The number of carbonyl (C=O) groups excluding carboxylic acids is 2. The number of anilines is 2. The number of hydrogen-bond acceptors (Lipinski definition) is 7. The second-order valence-corrected chi connectivity index (χ2v) is 11.3. The molecule has 0 aliphatic carbocycles. The van der Waals surface area contributed by atoms with Crippen LogP contribution in [0.2, 0.25) is 0 Å². The standard InChI is InChI=1S/C29H35N7O3/c1-17-13-23(33-35-14-18(2)31-26(17)35)27(37)32-22-10-11-24(25-21(22)9-8-12-30-25)34-15-19(3)36(20(4)16-34)28(38)39-29(5,6)7/h8-14,19-20H,15-16H2,1-7H3,(H,32,37)/t19-,20+. The lowest BCUT2D eigenvalue weighted by atomic mass is 10.1. The molecule has 10 heteroatoms. The molecule has 2 atom stereocenters. The summed E-state index contributed by atoms with van der Waals surface area (Å²) in [5.41, 5.74) is 4.59. The molecule has 3 aromatic heterocycles. The lowest BCUT2D eigenvalue weighted by molar-refractivity contribution is 0.00567. The fraction of sp³-hybridized carbons (Fsp3) is 0.414. The summed E-state index contributed by atoms with van der Waals surface area (Å²) in [6.07, 6.45) is 3.26. The Bertz CT molecular complexity index is 1560. The van der Waals surface area contributed by atoms with Crippen molar-refractivity contribution in [3.8, 4) is 0 Å². The monoisotopic (exact) mass is 529 g/mol. The third-order valence-corrected chi connectivity index (χ3v) is 6.82. The molecule has 0 radical (unpaired) electrons. The van der Waals surface area contributed by atoms with Crippen molar-refractivity contribution in [3.05, 3.63) is 59.7 Å². The van der Waals surface area contributed by atoms with E-state index in [1.165, 1.54) is 0 Å². The molecule has 0 spiro atoms. The predicted molar refractivity (Wildman–Crippen MR) is 151 cm³/mol. The van der Waals surface area contributed by atoms with Crippen molar-refractivity contribution < 1.29 is 14.3 Å². The summed E-state index contributed by atoms with van der Waals surface area (Å²) in [6, 6.07) is 9.32. The van der Waals surface area contributed by atoms with Crippen LogP contribution in [0.5, 0.6) is 0 Å². The average Bonchev–Trinajstić information content (AvgIpc) is 3.23. The number of nitrogens with zero attached hydrogens (tertiary/aromatic N) is 6. The summed E-state index contributed by atoms with van der Waals surface area (Å²) in [5, 5.41) is 8.32. The number of aryl methyl sites for hydroxylation is 2. The van der Waals surface area contributed by atoms with Gasteiger partial charge >= 0.3 is 6.09 Å². The molecule has 1 fully saturated rings. The van der Waals surface area contributed by atoms with E-state index in [0.717, 1.165) is 33.5 Å². The van der Waals surface area contributed by atoms with E-state index in [2.05, 4.69) is 25.3 Å². The van der Waals surface area contributed by atoms with E-state index in [1.807, 2.05) is 77.6 Å². The van der Waals surface area contributed by atoms with Crippen LogP contribution in [-0.2, 0) is 4.74 Å². The first-order chi connectivity index (χ1) is 18.4. The number of nitrogens with one attached hydrogen (secondary N) is 1. The van der Waals surface area contributed by atoms with Crippen molar-refractivity contribution in [1.29, 1.82) is 0 Å². The van der Waals surface area contributed by atoms with Crippen LogP contribution >= 0.6 is 0 Å². The van der Waals surface area contributed by atoms with Crippen LogP contribution in [0.4, 0.5) is 16.2 Å². The van der Waals surface area contributed by atoms with Gasteiger partial charge in [0.1, 0.15) is 11.3 Å². The van der Waals surface area contributed by atoms with Crippen molar-refractivity contribution in [2.75, 3.05) is 23.3 Å². The van der Waals surface area contributed by atoms with Gasteiger partial charge in [0, 0.05) is 24.7 Å². The molecule has 39 heavy (non-hydrogen) atoms. The molecule has 1 N–H and O–H groups in total. The maximum atomic E-state index is 13.2. The van der Waals surface area contributed by atoms with E-state index in [9.17, 15) is 9.59 Å². The number of benzene rings is 1. The van der Waals surface area contributed by atoms with Gasteiger partial charge in [-0.3, -0.25) is 14.7 Å². The molecule has 5 rings (SSSR count). The Balaban J connectivity index is 1.41. The van der Waals surface area contributed by atoms with Gasteiger partial charge in [0.15, 0.2) is 5.65 Å². The molecule has 0 unspecified atom stereocenters. The summed E-state index contributed by atoms with van der Waals surface area (Å²) in [5.74, 6) is -0.308. The highest BCUT2D eigenvalue weighted by molar-refractivity contribution is 6.09. The van der Waals surface area contributed by atoms with Gasteiger partial charge in [-0.05, 0) is 84.4 Å². The highest BCUT2D eigenvalue weighted by Gasteiger charge is 2.36. The summed E-state index contributed by atoms with van der Waals surface area (Å²) in [7, 11) is 0. The van der Waals surface area contributed by atoms with E-state index in [0.29, 0.717) is 24.5 Å². The minimum absolute atomic E-state index is 0.0576. The maximum Gasteiger partial charge on any atom is 0.410 e. The highest BCUT2D eigenvalue weighted by atomic mass is 16.6. The second-order valence-electron chi connectivity index (χ2n) is 11.3. The Morgan fingerprint density at radius 2 is 1.79 bits per heavy atom. The van der Waals surface area contributed by atoms with Crippen molar-refractivity contribution in [3.63, 3.8) is 0 Å². The van der Waals surface area contributed by atoms with Gasteiger partial charge in [-0.25, -0.2) is 14.3 Å². The molecule has 0 saturated carbocycles. The Morgan fingerprint density at radius 3 is 2.49 bits per heavy atom. The van der Waals surface area contributed by atoms with Gasteiger partial charge < -0.3 is 15.0 Å². The lowest BCUT2D eigenvalue weighted by Gasteiger charge is -2.45. The number of ether oxygens (including phenoxy) is 1. The maximum absolute atomic E-state index is 13.2. The zero-order chi connectivity index (χ0) is 28.1. The fourth-order valence-electron chi connectivity index (χ4n) is 5.26. The second kappa shape index (κ2) is 9.83. The number of amides is 2. The molecule has 10 nitrogen and oxygen atoms in total. The van der Waals surface area contributed by atoms with Gasteiger partial charge in [0.05, 0.1) is 40.9 Å². The molecule has 2 amide bonds. The zero-order valence-electron chi connectivity index (χ0n) is 23.5. The number of piperazine rings is 1. The van der Waals surface area contributed by atoms with Gasteiger partial charge in [0.2, 0.25) is 0 Å². The number of imidazole rings is 1. The number of fused-ring (bicyclic) bond motifs is 2. The molecular formula is C29H35N7O3. The highest BCUT2D eigenvalue weighted by Crippen LogP contribution is 2.33. The third kappa shape index (κ3) is 5.23. The van der Waals surface area contributed by atoms with E-state index in [-0.39, 0.29) is 24.1 Å². The van der Waals surface area contributed by atoms with Crippen LogP contribution in [0.1, 0.15) is 56.4 Å². The first-order valence-corrected chi connectivity index (χ1v) is 13.2. The van der Waals surface area contributed by atoms with Crippen molar-refractivity contribution in [1.82, 2.24) is 24.5 Å². The summed E-state index contributed by atoms with van der Waals surface area (Å²) >= 11 is 0. The van der Waals surface area contributed by atoms with E-state index in [4.69, 9.17) is 4.74 Å². The molecule has 1 aliphatic heterocycles. The third-order valence-electron chi connectivity index (χ3n) is 6.82. The lowest BCUT2D eigenvalue weighted by Crippen LogP contribution is -2.59. The topological polar surface area (TPSA) is 105 Å². The number of hydrogen-bond donors (Lipinski definition) is 1. The minimum atomic E-state index is -0.550. The Kier molecular flexibility index (Phi) is 6.65. The van der Waals surface area contributed by atoms with E-state index >= 15 is 0 Å². The minimum Gasteiger partial charge on any atom is -0.444 e. The van der Waals surface area contributed by atoms with Crippen LogP contribution in [0.25, 0.3) is 16.6 Å². The molecule has 0 bridgehead atoms. The molecule has 4 heterocycles. The smallest absolute Gasteiger partial charge is 0.410 e. The molecule has 1 aromatic carbocycles. The number of pyridine rings is 1. The van der Waals surface area contributed by atoms with E-state index in [1.54, 1.807) is 23.0 Å². The summed E-state index contributed by atoms with van der Waals surface area (Å²) in [6.45, 7) is 14.8. The Morgan fingerprint density at radius 1 is 1.08 bits per heavy atom. The van der Waals surface area contributed by atoms with Crippen LogP contribution < -0.4 is 10.2 Å². The largest absolute Gasteiger partial charge is 0.444 e. The van der Waals surface area contributed by atoms with Crippen molar-refractivity contribution in [2.24, 2.45) is 0 Å². The zero-order valence-corrected chi connectivity index (χ0v) is 23.5. The Hall–Kier alpha value is -4.21. The van der Waals surface area contributed by atoms with Crippen LogP contribution in [0.3, 0.4) is 0 Å². The quantitative estimate of drug-likeness (QED) is 0.399.